The van der Waals surface area contributed by atoms with Gasteiger partial charge in [-0.15, -0.1) is 11.8 Å². The molecule has 0 aromatic heterocycles. The van der Waals surface area contributed by atoms with Gasteiger partial charge in [0.2, 0.25) is 0 Å². The Morgan fingerprint density at radius 2 is 2.41 bits per heavy atom. The molecule has 0 bridgehead atoms. The van der Waals surface area contributed by atoms with Crippen molar-refractivity contribution >= 4 is 17.7 Å². The molecule has 5 heteroatoms. The molecule has 1 aliphatic carbocycles. The largest absolute Gasteiger partial charge is 0.480 e. The molecule has 1 saturated heterocycles. The third-order valence-corrected chi connectivity index (χ3v) is 5.02. The smallest absolute Gasteiger partial charge is 0.321 e. The molecule has 1 aromatic carbocycles. The Morgan fingerprint density at radius 3 is 3.12 bits per heavy atom. The molecule has 0 radical (unpaired) electrons. The molecule has 3 nitrogen and oxygen atoms in total. The van der Waals surface area contributed by atoms with E-state index in [1.54, 1.807) is 17.8 Å². The fraction of sp³-hybridized carbons (Fsp3) is 0.417. The van der Waals surface area contributed by atoms with Gasteiger partial charge < -0.3 is 5.11 Å². The minimum atomic E-state index is -0.834. The lowest BCUT2D eigenvalue weighted by molar-refractivity contribution is -0.138. The normalized spacial score (nSPS) is 30.8. The summed E-state index contributed by atoms with van der Waals surface area (Å²) in [6, 6.07) is 4.52. The lowest BCUT2D eigenvalue weighted by Crippen LogP contribution is -2.42. The van der Waals surface area contributed by atoms with Gasteiger partial charge in [-0.25, -0.2) is 4.39 Å². The molecule has 1 aliphatic heterocycles. The Hall–Kier alpha value is -1.07. The average molecular weight is 253 g/mol. The Balaban J connectivity index is 1.99. The molecule has 0 saturated carbocycles. The first-order chi connectivity index (χ1) is 8.12. The van der Waals surface area contributed by atoms with E-state index in [-0.39, 0.29) is 10.7 Å². The summed E-state index contributed by atoms with van der Waals surface area (Å²) in [5, 5.41) is 12.2. The minimum Gasteiger partial charge on any atom is -0.480 e. The van der Waals surface area contributed by atoms with Gasteiger partial charge in [0.05, 0.1) is 4.87 Å². The molecular weight excluding hydrogens is 241 g/mol. The summed E-state index contributed by atoms with van der Waals surface area (Å²) in [6.07, 6.45) is 1.44. The molecule has 1 heterocycles. The highest BCUT2D eigenvalue weighted by molar-refractivity contribution is 8.00. The van der Waals surface area contributed by atoms with Gasteiger partial charge in [-0.2, -0.15) is 0 Å². The summed E-state index contributed by atoms with van der Waals surface area (Å²) >= 11 is 1.58. The lowest BCUT2D eigenvalue weighted by atomic mass is 10.1. The fourth-order valence-corrected chi connectivity index (χ4v) is 4.15. The van der Waals surface area contributed by atoms with Crippen molar-refractivity contribution in [1.29, 1.82) is 0 Å². The average Bonchev–Trinajstić information content (AvgIpc) is 2.87. The first-order valence-corrected chi connectivity index (χ1v) is 6.53. The van der Waals surface area contributed by atoms with Gasteiger partial charge >= 0.3 is 5.97 Å². The molecule has 1 spiro atoms. The van der Waals surface area contributed by atoms with Crippen LogP contribution in [0.1, 0.15) is 17.5 Å². The number of fused-ring (bicyclic) bond motifs is 2. The van der Waals surface area contributed by atoms with Crippen LogP contribution >= 0.6 is 11.8 Å². The number of benzene rings is 1. The van der Waals surface area contributed by atoms with E-state index in [0.29, 0.717) is 12.2 Å². The predicted molar refractivity (Wildman–Crippen MR) is 63.4 cm³/mol. The second-order valence-electron chi connectivity index (χ2n) is 4.44. The van der Waals surface area contributed by atoms with Crippen molar-refractivity contribution in [2.24, 2.45) is 0 Å². The van der Waals surface area contributed by atoms with Gasteiger partial charge in [0.25, 0.3) is 0 Å². The Morgan fingerprint density at radius 1 is 1.59 bits per heavy atom. The zero-order valence-electron chi connectivity index (χ0n) is 9.07. The van der Waals surface area contributed by atoms with Crippen molar-refractivity contribution in [3.8, 4) is 0 Å². The maximum Gasteiger partial charge on any atom is 0.321 e. The summed E-state index contributed by atoms with van der Waals surface area (Å²) in [7, 11) is 0. The third kappa shape index (κ3) is 1.57. The number of hydrogen-bond donors (Lipinski definition) is 2. The molecule has 1 fully saturated rings. The molecule has 90 valence electrons. The number of rotatable bonds is 1. The summed E-state index contributed by atoms with van der Waals surface area (Å²) < 4.78 is 13.6. The minimum absolute atomic E-state index is 0.180. The van der Waals surface area contributed by atoms with E-state index in [1.807, 2.05) is 6.07 Å². The number of carboxylic acid groups (broad SMARTS) is 1. The van der Waals surface area contributed by atoms with Gasteiger partial charge in [0.15, 0.2) is 0 Å². The first-order valence-electron chi connectivity index (χ1n) is 5.55. The quantitative estimate of drug-likeness (QED) is 0.800. The van der Waals surface area contributed by atoms with Gasteiger partial charge in [-0.05, 0) is 30.0 Å². The number of halogens is 1. The second-order valence-corrected chi connectivity index (χ2v) is 5.76. The third-order valence-electron chi connectivity index (χ3n) is 3.48. The SMILES string of the molecule is O=C(O)C1CSC2(CCc3c(F)cccc32)N1. The van der Waals surface area contributed by atoms with Crippen LogP contribution in [0.3, 0.4) is 0 Å². The molecule has 17 heavy (non-hydrogen) atoms. The monoisotopic (exact) mass is 253 g/mol. The van der Waals surface area contributed by atoms with Gasteiger partial charge in [-0.1, -0.05) is 12.1 Å². The molecule has 2 aliphatic rings. The molecule has 2 N–H and O–H groups in total. The molecule has 2 unspecified atom stereocenters. The Kier molecular flexibility index (Phi) is 2.41. The van der Waals surface area contributed by atoms with E-state index < -0.39 is 12.0 Å². The zero-order chi connectivity index (χ0) is 12.0. The number of hydrogen-bond acceptors (Lipinski definition) is 3. The van der Waals surface area contributed by atoms with Gasteiger partial charge in [-0.3, -0.25) is 10.1 Å². The Bertz CT molecular complexity index is 493. The van der Waals surface area contributed by atoms with Crippen molar-refractivity contribution in [2.45, 2.75) is 23.8 Å². The lowest BCUT2D eigenvalue weighted by Gasteiger charge is -2.24. The van der Waals surface area contributed by atoms with E-state index in [9.17, 15) is 9.18 Å². The number of carboxylic acids is 1. The van der Waals surface area contributed by atoms with E-state index in [4.69, 9.17) is 5.11 Å². The highest BCUT2D eigenvalue weighted by Gasteiger charge is 2.47. The number of aliphatic carboxylic acids is 1. The predicted octanol–water partition coefficient (Wildman–Crippen LogP) is 1.71. The van der Waals surface area contributed by atoms with Crippen molar-refractivity contribution < 1.29 is 14.3 Å². The van der Waals surface area contributed by atoms with Crippen molar-refractivity contribution in [3.63, 3.8) is 0 Å². The summed E-state index contributed by atoms with van der Waals surface area (Å²) in [5.74, 6) is -0.481. The van der Waals surface area contributed by atoms with E-state index >= 15 is 0 Å². The zero-order valence-corrected chi connectivity index (χ0v) is 9.89. The second kappa shape index (κ2) is 3.71. The molecule has 3 rings (SSSR count). The molecular formula is C12H12FNO2S. The maximum absolute atomic E-state index is 13.6. The van der Waals surface area contributed by atoms with Crippen molar-refractivity contribution in [1.82, 2.24) is 5.32 Å². The standard InChI is InChI=1S/C12H12FNO2S/c13-9-3-1-2-8-7(9)4-5-12(8)14-10(6-17-12)11(15)16/h1-3,10,14H,4-6H2,(H,15,16). The summed E-state index contributed by atoms with van der Waals surface area (Å²) in [5.41, 5.74) is 1.66. The van der Waals surface area contributed by atoms with Crippen LogP contribution in [0.25, 0.3) is 0 Å². The highest BCUT2D eigenvalue weighted by atomic mass is 32.2. The van der Waals surface area contributed by atoms with Crippen LogP contribution in [0.4, 0.5) is 4.39 Å². The van der Waals surface area contributed by atoms with Crippen LogP contribution in [-0.4, -0.2) is 22.9 Å². The van der Waals surface area contributed by atoms with E-state index in [1.165, 1.54) is 6.07 Å². The summed E-state index contributed by atoms with van der Waals surface area (Å²) in [4.78, 5) is 10.6. The van der Waals surface area contributed by atoms with Gasteiger partial charge in [0.1, 0.15) is 11.9 Å². The van der Waals surface area contributed by atoms with Crippen LogP contribution in [0.2, 0.25) is 0 Å². The molecule has 2 atom stereocenters. The van der Waals surface area contributed by atoms with Crippen LogP contribution < -0.4 is 5.32 Å². The molecule has 1 aromatic rings. The van der Waals surface area contributed by atoms with Crippen LogP contribution in [0.15, 0.2) is 18.2 Å². The fourth-order valence-electron chi connectivity index (χ4n) is 2.65. The van der Waals surface area contributed by atoms with Crippen molar-refractivity contribution in [3.05, 3.63) is 35.1 Å². The molecule has 0 amide bonds. The Labute approximate surface area is 102 Å². The van der Waals surface area contributed by atoms with Crippen LogP contribution in [-0.2, 0) is 16.1 Å². The van der Waals surface area contributed by atoms with Gasteiger partial charge in [0, 0.05) is 5.75 Å². The van der Waals surface area contributed by atoms with Crippen molar-refractivity contribution in [2.75, 3.05) is 5.75 Å². The number of thioether (sulfide) groups is 1. The first kappa shape index (κ1) is 11.0. The number of carbonyl (C=O) groups is 1. The van der Waals surface area contributed by atoms with E-state index in [2.05, 4.69) is 5.32 Å². The summed E-state index contributed by atoms with van der Waals surface area (Å²) in [6.45, 7) is 0. The topological polar surface area (TPSA) is 49.3 Å². The maximum atomic E-state index is 13.6. The van der Waals surface area contributed by atoms with Crippen LogP contribution in [0, 0.1) is 5.82 Å². The van der Waals surface area contributed by atoms with E-state index in [0.717, 1.165) is 17.5 Å². The highest BCUT2D eigenvalue weighted by Crippen LogP contribution is 2.49. The van der Waals surface area contributed by atoms with Crippen LogP contribution in [0.5, 0.6) is 0 Å². The number of nitrogens with one attached hydrogen (secondary N) is 1.